The first-order chi connectivity index (χ1) is 8.90. The lowest BCUT2D eigenvalue weighted by atomic mass is 9.74. The van der Waals surface area contributed by atoms with Crippen molar-refractivity contribution in [1.29, 1.82) is 0 Å². The van der Waals surface area contributed by atoms with Crippen molar-refractivity contribution in [2.45, 2.75) is 45.1 Å². The molecule has 0 heterocycles. The highest BCUT2D eigenvalue weighted by Crippen LogP contribution is 2.32. The number of rotatable bonds is 2. The number of nitrogens with two attached hydrogens (primary N) is 1. The molecule has 3 nitrogen and oxygen atoms in total. The lowest BCUT2D eigenvalue weighted by molar-refractivity contribution is -0.122. The summed E-state index contributed by atoms with van der Waals surface area (Å²) in [5.41, 5.74) is 7.13. The Morgan fingerprint density at radius 2 is 2.21 bits per heavy atom. The van der Waals surface area contributed by atoms with E-state index in [0.29, 0.717) is 5.69 Å². The van der Waals surface area contributed by atoms with Crippen LogP contribution in [0.25, 0.3) is 0 Å². The molecule has 4 heteroatoms. The first-order valence-electron chi connectivity index (χ1n) is 6.76. The van der Waals surface area contributed by atoms with Crippen molar-refractivity contribution in [3.63, 3.8) is 0 Å². The molecule has 19 heavy (non-hydrogen) atoms. The largest absolute Gasteiger partial charge is 0.325 e. The number of amides is 1. The zero-order valence-corrected chi connectivity index (χ0v) is 11.5. The number of hydrogen-bond acceptors (Lipinski definition) is 2. The van der Waals surface area contributed by atoms with Crippen molar-refractivity contribution in [3.05, 3.63) is 29.6 Å². The van der Waals surface area contributed by atoms with Gasteiger partial charge in [0.15, 0.2) is 0 Å². The summed E-state index contributed by atoms with van der Waals surface area (Å²) in [6.45, 7) is 3.77. The van der Waals surface area contributed by atoms with E-state index < -0.39 is 5.54 Å². The third-order valence-corrected chi connectivity index (χ3v) is 4.03. The molecule has 2 unspecified atom stereocenters. The first-order valence-corrected chi connectivity index (χ1v) is 6.76. The van der Waals surface area contributed by atoms with Crippen LogP contribution in [0.3, 0.4) is 0 Å². The van der Waals surface area contributed by atoms with Crippen molar-refractivity contribution in [1.82, 2.24) is 0 Å². The fraction of sp³-hybridized carbons (Fsp3) is 0.533. The van der Waals surface area contributed by atoms with Crippen molar-refractivity contribution < 1.29 is 9.18 Å². The van der Waals surface area contributed by atoms with Gasteiger partial charge in [0.1, 0.15) is 5.82 Å². The highest BCUT2D eigenvalue weighted by molar-refractivity contribution is 5.94. The van der Waals surface area contributed by atoms with Gasteiger partial charge < -0.3 is 11.1 Å². The van der Waals surface area contributed by atoms with E-state index in [1.165, 1.54) is 12.1 Å². The maximum atomic E-state index is 13.2. The standard InChI is InChI=1S/C15H21FN2O/c1-10-6-7-11(16)9-13(10)18-14(19)12-5-3-4-8-15(12,2)17/h6-7,9,12H,3-5,8,17H2,1-2H3,(H,18,19). The zero-order valence-electron chi connectivity index (χ0n) is 11.5. The van der Waals surface area contributed by atoms with Crippen LogP contribution in [-0.4, -0.2) is 11.4 Å². The molecular weight excluding hydrogens is 243 g/mol. The van der Waals surface area contributed by atoms with Crippen LogP contribution in [0.1, 0.15) is 38.2 Å². The minimum absolute atomic E-state index is 0.0987. The molecule has 2 atom stereocenters. The molecule has 1 saturated carbocycles. The van der Waals surface area contributed by atoms with Crippen LogP contribution in [0.2, 0.25) is 0 Å². The molecule has 0 radical (unpaired) electrons. The second-order valence-electron chi connectivity index (χ2n) is 5.75. The molecule has 0 bridgehead atoms. The molecule has 3 N–H and O–H groups in total. The smallest absolute Gasteiger partial charge is 0.229 e. The van der Waals surface area contributed by atoms with Crippen LogP contribution < -0.4 is 11.1 Å². The molecule has 1 fully saturated rings. The van der Waals surface area contributed by atoms with Gasteiger partial charge in [-0.3, -0.25) is 4.79 Å². The number of aryl methyl sites for hydroxylation is 1. The summed E-state index contributed by atoms with van der Waals surface area (Å²) in [6, 6.07) is 4.40. The summed E-state index contributed by atoms with van der Waals surface area (Å²) < 4.78 is 13.2. The number of halogens is 1. The van der Waals surface area contributed by atoms with E-state index in [4.69, 9.17) is 5.73 Å². The first kappa shape index (κ1) is 14.0. The Labute approximate surface area is 113 Å². The van der Waals surface area contributed by atoms with Gasteiger partial charge in [-0.1, -0.05) is 18.9 Å². The molecule has 104 valence electrons. The molecule has 1 aromatic carbocycles. The fourth-order valence-corrected chi connectivity index (χ4v) is 2.74. The summed E-state index contributed by atoms with van der Waals surface area (Å²) in [4.78, 5) is 12.3. The zero-order chi connectivity index (χ0) is 14.0. The van der Waals surface area contributed by atoms with Gasteiger partial charge in [0.25, 0.3) is 0 Å². The van der Waals surface area contributed by atoms with Gasteiger partial charge in [0.2, 0.25) is 5.91 Å². The molecule has 0 aromatic heterocycles. The minimum atomic E-state index is -0.469. The number of nitrogens with one attached hydrogen (secondary N) is 1. The SMILES string of the molecule is Cc1ccc(F)cc1NC(=O)C1CCCCC1(C)N. The van der Waals surface area contributed by atoms with Gasteiger partial charge in [-0.25, -0.2) is 4.39 Å². The summed E-state index contributed by atoms with van der Waals surface area (Å²) >= 11 is 0. The predicted octanol–water partition coefficient (Wildman–Crippen LogP) is 2.98. The summed E-state index contributed by atoms with van der Waals surface area (Å²) in [6.07, 6.45) is 3.74. The van der Waals surface area contributed by atoms with Crippen LogP contribution in [0, 0.1) is 18.7 Å². The molecule has 0 saturated heterocycles. The van der Waals surface area contributed by atoms with Gasteiger partial charge in [-0.05, 0) is 44.4 Å². The molecule has 1 aliphatic carbocycles. The number of benzene rings is 1. The lowest BCUT2D eigenvalue weighted by Gasteiger charge is -2.37. The number of anilines is 1. The number of hydrogen-bond donors (Lipinski definition) is 2. The van der Waals surface area contributed by atoms with E-state index >= 15 is 0 Å². The van der Waals surface area contributed by atoms with Crippen molar-refractivity contribution >= 4 is 11.6 Å². The van der Waals surface area contributed by atoms with Gasteiger partial charge in [-0.2, -0.15) is 0 Å². The average Bonchev–Trinajstić information content (AvgIpc) is 2.33. The Morgan fingerprint density at radius 3 is 2.89 bits per heavy atom. The molecule has 2 rings (SSSR count). The van der Waals surface area contributed by atoms with Crippen molar-refractivity contribution in [2.75, 3.05) is 5.32 Å². The van der Waals surface area contributed by atoms with Gasteiger partial charge in [-0.15, -0.1) is 0 Å². The molecule has 1 aliphatic rings. The van der Waals surface area contributed by atoms with E-state index in [9.17, 15) is 9.18 Å². The second kappa shape index (κ2) is 5.29. The number of carbonyl (C=O) groups excluding carboxylic acids is 1. The predicted molar refractivity (Wildman–Crippen MR) is 74.3 cm³/mol. The molecular formula is C15H21FN2O. The van der Waals surface area contributed by atoms with Gasteiger partial charge in [0.05, 0.1) is 5.92 Å². The van der Waals surface area contributed by atoms with E-state index in [2.05, 4.69) is 5.32 Å². The molecule has 0 spiro atoms. The summed E-state index contributed by atoms with van der Waals surface area (Å²) in [5.74, 6) is -0.651. The topological polar surface area (TPSA) is 55.1 Å². The highest BCUT2D eigenvalue weighted by atomic mass is 19.1. The normalized spacial score (nSPS) is 27.1. The van der Waals surface area contributed by atoms with E-state index in [-0.39, 0.29) is 17.6 Å². The van der Waals surface area contributed by atoms with Crippen molar-refractivity contribution in [3.8, 4) is 0 Å². The Kier molecular flexibility index (Phi) is 3.90. The van der Waals surface area contributed by atoms with Crippen LogP contribution in [0.15, 0.2) is 18.2 Å². The Hall–Kier alpha value is -1.42. The average molecular weight is 264 g/mol. The minimum Gasteiger partial charge on any atom is -0.325 e. The lowest BCUT2D eigenvalue weighted by Crippen LogP contribution is -2.51. The van der Waals surface area contributed by atoms with Crippen LogP contribution >= 0.6 is 0 Å². The van der Waals surface area contributed by atoms with Gasteiger partial charge >= 0.3 is 0 Å². The maximum Gasteiger partial charge on any atom is 0.229 e. The molecule has 1 aromatic rings. The monoisotopic (exact) mass is 264 g/mol. The van der Waals surface area contributed by atoms with Crippen LogP contribution in [0.4, 0.5) is 10.1 Å². The van der Waals surface area contributed by atoms with Gasteiger partial charge in [0, 0.05) is 11.2 Å². The fourth-order valence-electron chi connectivity index (χ4n) is 2.74. The Balaban J connectivity index is 2.14. The third kappa shape index (κ3) is 3.13. The molecule has 1 amide bonds. The Bertz CT molecular complexity index is 485. The quantitative estimate of drug-likeness (QED) is 0.862. The highest BCUT2D eigenvalue weighted by Gasteiger charge is 2.37. The summed E-state index contributed by atoms with van der Waals surface area (Å²) in [5, 5.41) is 2.82. The maximum absolute atomic E-state index is 13.2. The van der Waals surface area contributed by atoms with E-state index in [0.717, 1.165) is 31.2 Å². The van der Waals surface area contributed by atoms with Crippen LogP contribution in [0.5, 0.6) is 0 Å². The second-order valence-corrected chi connectivity index (χ2v) is 5.75. The number of carbonyl (C=O) groups is 1. The summed E-state index contributed by atoms with van der Waals surface area (Å²) in [7, 11) is 0. The van der Waals surface area contributed by atoms with Crippen LogP contribution in [-0.2, 0) is 4.79 Å². The van der Waals surface area contributed by atoms with E-state index in [1.54, 1.807) is 6.07 Å². The van der Waals surface area contributed by atoms with Crippen molar-refractivity contribution in [2.24, 2.45) is 11.7 Å². The third-order valence-electron chi connectivity index (χ3n) is 4.03. The Morgan fingerprint density at radius 1 is 1.47 bits per heavy atom. The van der Waals surface area contributed by atoms with E-state index in [1.807, 2.05) is 13.8 Å². The molecule has 0 aliphatic heterocycles.